The van der Waals surface area contributed by atoms with Crippen molar-refractivity contribution >= 4 is 5.90 Å². The van der Waals surface area contributed by atoms with Gasteiger partial charge in [0.2, 0.25) is 17.1 Å². The third kappa shape index (κ3) is 2.19. The number of methoxy groups -OCH3 is 2. The van der Waals surface area contributed by atoms with Crippen molar-refractivity contribution in [2.75, 3.05) is 14.2 Å². The molecule has 2 saturated heterocycles. The summed E-state index contributed by atoms with van der Waals surface area (Å²) in [5.74, 6) is -0.987. The van der Waals surface area contributed by atoms with Crippen LogP contribution in [0.5, 0.6) is 11.5 Å². The summed E-state index contributed by atoms with van der Waals surface area (Å²) in [6, 6.07) is 11.3. The van der Waals surface area contributed by atoms with E-state index in [1.54, 1.807) is 18.2 Å². The highest BCUT2D eigenvalue weighted by molar-refractivity contribution is 5.89. The van der Waals surface area contributed by atoms with E-state index in [0.29, 0.717) is 29.9 Å². The van der Waals surface area contributed by atoms with Gasteiger partial charge in [0.15, 0.2) is 5.41 Å². The van der Waals surface area contributed by atoms with Crippen molar-refractivity contribution in [3.05, 3.63) is 23.8 Å². The van der Waals surface area contributed by atoms with Crippen LogP contribution in [0.3, 0.4) is 0 Å². The van der Waals surface area contributed by atoms with Crippen LogP contribution in [0, 0.1) is 62.1 Å². The van der Waals surface area contributed by atoms with Crippen LogP contribution in [0.2, 0.25) is 0 Å². The molecule has 2 bridgehead atoms. The van der Waals surface area contributed by atoms with Crippen molar-refractivity contribution in [3.8, 4) is 29.7 Å². The van der Waals surface area contributed by atoms with E-state index in [9.17, 15) is 15.8 Å². The van der Waals surface area contributed by atoms with Crippen molar-refractivity contribution in [1.29, 1.82) is 21.2 Å². The molecule has 8 nitrogen and oxygen atoms in total. The van der Waals surface area contributed by atoms with E-state index in [2.05, 4.69) is 25.1 Å². The lowest BCUT2D eigenvalue weighted by atomic mass is 9.50. The van der Waals surface area contributed by atoms with E-state index in [0.717, 1.165) is 6.42 Å². The SMILES string of the molecule is COc1ccc(C2OC34CCC(C)CC3C(C#N)(C(=N)O4)C2(C#N)C#N)c(OC)c1. The smallest absolute Gasteiger partial charge is 0.217 e. The number of benzene rings is 1. The zero-order valence-corrected chi connectivity index (χ0v) is 17.1. The molecule has 1 aromatic carbocycles. The second-order valence-corrected chi connectivity index (χ2v) is 8.23. The Kier molecular flexibility index (Phi) is 4.42. The van der Waals surface area contributed by atoms with Crippen LogP contribution in [-0.2, 0) is 9.47 Å². The third-order valence-corrected chi connectivity index (χ3v) is 6.90. The predicted molar refractivity (Wildman–Crippen MR) is 103 cm³/mol. The lowest BCUT2D eigenvalue weighted by molar-refractivity contribution is -0.298. The molecule has 0 aromatic heterocycles. The Balaban J connectivity index is 1.99. The van der Waals surface area contributed by atoms with Crippen LogP contribution >= 0.6 is 0 Å². The van der Waals surface area contributed by atoms with E-state index < -0.39 is 28.6 Å². The monoisotopic (exact) mass is 406 g/mol. The van der Waals surface area contributed by atoms with Gasteiger partial charge in [-0.3, -0.25) is 5.41 Å². The van der Waals surface area contributed by atoms with Crippen LogP contribution < -0.4 is 9.47 Å². The standard InChI is InChI=1S/C22H22N4O4/c1-13-6-7-22-17(8-13)21(12-25,19(26)30-22)20(10-23,11-24)18(29-22)15-5-4-14(27-2)9-16(15)28-3/h4-5,9,13,17-18,26H,6-8H2,1-3H3. The quantitative estimate of drug-likeness (QED) is 0.813. The summed E-state index contributed by atoms with van der Waals surface area (Å²) < 4.78 is 23.1. The molecule has 4 rings (SSSR count). The average molecular weight is 406 g/mol. The molecule has 0 amide bonds. The van der Waals surface area contributed by atoms with E-state index in [1.165, 1.54) is 14.2 Å². The molecular weight excluding hydrogens is 384 g/mol. The third-order valence-electron chi connectivity index (χ3n) is 6.90. The highest BCUT2D eigenvalue weighted by atomic mass is 16.7. The lowest BCUT2D eigenvalue weighted by Crippen LogP contribution is -2.61. The predicted octanol–water partition coefficient (Wildman–Crippen LogP) is 3.46. The first kappa shape index (κ1) is 20.0. The molecule has 1 aliphatic carbocycles. The summed E-state index contributed by atoms with van der Waals surface area (Å²) in [6.45, 7) is 2.06. The van der Waals surface area contributed by atoms with Gasteiger partial charge in [-0.2, -0.15) is 15.8 Å². The number of hydrogen-bond acceptors (Lipinski definition) is 8. The topological polar surface area (TPSA) is 132 Å². The van der Waals surface area contributed by atoms with E-state index >= 15 is 0 Å². The summed E-state index contributed by atoms with van der Waals surface area (Å²) in [4.78, 5) is 0. The van der Waals surface area contributed by atoms with Gasteiger partial charge >= 0.3 is 0 Å². The Morgan fingerprint density at radius 3 is 2.47 bits per heavy atom. The number of nitriles is 3. The molecule has 1 aromatic rings. The Hall–Kier alpha value is -3.28. The highest BCUT2D eigenvalue weighted by Gasteiger charge is 2.81. The maximum atomic E-state index is 10.4. The van der Waals surface area contributed by atoms with Gasteiger partial charge in [-0.25, -0.2) is 0 Å². The Morgan fingerprint density at radius 1 is 1.13 bits per heavy atom. The van der Waals surface area contributed by atoms with Gasteiger partial charge in [-0.15, -0.1) is 0 Å². The molecule has 154 valence electrons. The maximum Gasteiger partial charge on any atom is 0.217 e. The van der Waals surface area contributed by atoms with Gasteiger partial charge in [0.05, 0.1) is 38.3 Å². The van der Waals surface area contributed by atoms with Crippen molar-refractivity contribution in [2.24, 2.45) is 22.7 Å². The summed E-state index contributed by atoms with van der Waals surface area (Å²) in [5, 5.41) is 39.5. The van der Waals surface area contributed by atoms with Gasteiger partial charge < -0.3 is 18.9 Å². The first-order chi connectivity index (χ1) is 14.4. The van der Waals surface area contributed by atoms with Crippen LogP contribution in [0.25, 0.3) is 0 Å². The van der Waals surface area contributed by atoms with Gasteiger partial charge in [0, 0.05) is 18.1 Å². The molecule has 1 saturated carbocycles. The van der Waals surface area contributed by atoms with Crippen LogP contribution in [0.1, 0.15) is 37.9 Å². The van der Waals surface area contributed by atoms with Crippen molar-refractivity contribution in [2.45, 2.75) is 38.1 Å². The zero-order valence-electron chi connectivity index (χ0n) is 17.1. The molecule has 5 atom stereocenters. The summed E-state index contributed by atoms with van der Waals surface area (Å²) in [5.41, 5.74) is -3.28. The zero-order chi connectivity index (χ0) is 21.7. The van der Waals surface area contributed by atoms with Crippen LogP contribution in [0.4, 0.5) is 0 Å². The Morgan fingerprint density at radius 2 is 1.87 bits per heavy atom. The lowest BCUT2D eigenvalue weighted by Gasteiger charge is -2.52. The fourth-order valence-electron chi connectivity index (χ4n) is 5.34. The maximum absolute atomic E-state index is 10.4. The molecule has 2 aliphatic heterocycles. The van der Waals surface area contributed by atoms with Gasteiger partial charge in [-0.05, 0) is 30.9 Å². The van der Waals surface area contributed by atoms with E-state index in [-0.39, 0.29) is 11.8 Å². The number of hydrogen-bond donors (Lipinski definition) is 1. The number of ether oxygens (including phenoxy) is 4. The van der Waals surface area contributed by atoms with Gasteiger partial charge in [0.1, 0.15) is 17.6 Å². The fraction of sp³-hybridized carbons (Fsp3) is 0.545. The van der Waals surface area contributed by atoms with Crippen LogP contribution in [-0.4, -0.2) is 25.9 Å². The van der Waals surface area contributed by atoms with Crippen molar-refractivity contribution < 1.29 is 18.9 Å². The minimum atomic E-state index is -1.98. The number of nitrogens with zero attached hydrogens (tertiary/aromatic N) is 3. The molecule has 0 spiro atoms. The van der Waals surface area contributed by atoms with Crippen molar-refractivity contribution in [3.63, 3.8) is 0 Å². The number of nitrogens with one attached hydrogen (secondary N) is 1. The summed E-state index contributed by atoms with van der Waals surface area (Å²) in [6.07, 6.45) is 0.671. The van der Waals surface area contributed by atoms with E-state index in [4.69, 9.17) is 24.4 Å². The van der Waals surface area contributed by atoms with Crippen LogP contribution in [0.15, 0.2) is 18.2 Å². The average Bonchev–Trinajstić information content (AvgIpc) is 2.96. The molecule has 30 heavy (non-hydrogen) atoms. The minimum Gasteiger partial charge on any atom is -0.497 e. The molecular formula is C22H22N4O4. The Bertz CT molecular complexity index is 1020. The Labute approximate surface area is 175 Å². The minimum absolute atomic E-state index is 0.260. The van der Waals surface area contributed by atoms with Crippen molar-refractivity contribution in [1.82, 2.24) is 0 Å². The molecule has 3 aliphatic rings. The largest absolute Gasteiger partial charge is 0.497 e. The normalized spacial score (nSPS) is 35.7. The second kappa shape index (κ2) is 6.62. The first-order valence-corrected chi connectivity index (χ1v) is 9.79. The molecule has 1 N–H and O–H groups in total. The fourth-order valence-corrected chi connectivity index (χ4v) is 5.34. The molecule has 8 heteroatoms. The van der Waals surface area contributed by atoms with Gasteiger partial charge in [0.25, 0.3) is 0 Å². The first-order valence-electron chi connectivity index (χ1n) is 9.79. The molecule has 0 radical (unpaired) electrons. The molecule has 5 unspecified atom stereocenters. The second-order valence-electron chi connectivity index (χ2n) is 8.23. The van der Waals surface area contributed by atoms with Gasteiger partial charge in [-0.1, -0.05) is 6.92 Å². The summed E-state index contributed by atoms with van der Waals surface area (Å²) >= 11 is 0. The summed E-state index contributed by atoms with van der Waals surface area (Å²) in [7, 11) is 2.99. The molecule has 3 fully saturated rings. The van der Waals surface area contributed by atoms with E-state index in [1.807, 2.05) is 0 Å². The highest BCUT2D eigenvalue weighted by Crippen LogP contribution is 2.70. The number of rotatable bonds is 3. The molecule has 2 heterocycles.